The van der Waals surface area contributed by atoms with Crippen molar-refractivity contribution in [2.45, 2.75) is 19.3 Å². The minimum Gasteiger partial charge on any atom is -0.218 e. The lowest BCUT2D eigenvalue weighted by Crippen LogP contribution is -1.92. The van der Waals surface area contributed by atoms with E-state index in [1.807, 2.05) is 6.07 Å². The molecule has 1 unspecified atom stereocenters. The van der Waals surface area contributed by atoms with E-state index in [1.165, 1.54) is 22.8 Å². The van der Waals surface area contributed by atoms with Gasteiger partial charge in [-0.1, -0.05) is 42.8 Å². The van der Waals surface area contributed by atoms with Gasteiger partial charge in [-0.05, 0) is 52.3 Å². The zero-order valence-electron chi connectivity index (χ0n) is 10.9. The lowest BCUT2D eigenvalue weighted by Gasteiger charge is -2.10. The van der Waals surface area contributed by atoms with Gasteiger partial charge in [-0.25, -0.2) is 9.97 Å². The molecular weight excluding hydrogens is 291 g/mol. The first-order valence-corrected chi connectivity index (χ1v) is 7.45. The fraction of sp³-hybridized carbons (Fsp3) is 0.250. The number of hydrogen-bond donors (Lipinski definition) is 0. The van der Waals surface area contributed by atoms with E-state index in [2.05, 4.69) is 41.2 Å². The Hall–Kier alpha value is -1.38. The van der Waals surface area contributed by atoms with Crippen molar-refractivity contribution in [2.24, 2.45) is 5.92 Å². The van der Waals surface area contributed by atoms with Crippen LogP contribution in [0.4, 0.5) is 0 Å². The molecule has 2 aromatic carbocycles. The quantitative estimate of drug-likeness (QED) is 0.350. The van der Waals surface area contributed by atoms with Crippen molar-refractivity contribution in [2.75, 3.05) is 0 Å². The van der Waals surface area contributed by atoms with E-state index in [9.17, 15) is 0 Å². The minimum absolute atomic E-state index is 0.194. The van der Waals surface area contributed by atoms with E-state index >= 15 is 0 Å². The highest BCUT2D eigenvalue weighted by Crippen LogP contribution is 2.50. The van der Waals surface area contributed by atoms with Crippen LogP contribution in [0.25, 0.3) is 21.7 Å². The molecule has 0 amide bonds. The molecule has 1 heterocycles. The van der Waals surface area contributed by atoms with Gasteiger partial charge in [0.2, 0.25) is 5.28 Å². The smallest absolute Gasteiger partial charge is 0.218 e. The molecular formula is C16H12Cl2N2. The molecule has 1 aromatic heterocycles. The van der Waals surface area contributed by atoms with Crippen LogP contribution in [-0.2, 0) is 0 Å². The first-order valence-electron chi connectivity index (χ1n) is 6.69. The van der Waals surface area contributed by atoms with Crippen LogP contribution in [-0.4, -0.2) is 9.97 Å². The van der Waals surface area contributed by atoms with Gasteiger partial charge in [0.15, 0.2) is 0 Å². The van der Waals surface area contributed by atoms with Crippen LogP contribution in [0.15, 0.2) is 30.3 Å². The molecule has 2 atom stereocenters. The summed E-state index contributed by atoms with van der Waals surface area (Å²) >= 11 is 12.2. The number of aromatic nitrogens is 2. The summed E-state index contributed by atoms with van der Waals surface area (Å²) in [5, 5.41) is 3.91. The van der Waals surface area contributed by atoms with Gasteiger partial charge in [0, 0.05) is 5.39 Å². The second kappa shape index (κ2) is 4.31. The van der Waals surface area contributed by atoms with Crippen molar-refractivity contribution in [3.05, 3.63) is 46.3 Å². The minimum atomic E-state index is 0.194. The normalized spacial score (nSPS) is 21.6. The molecule has 100 valence electrons. The molecule has 4 rings (SSSR count). The third kappa shape index (κ3) is 1.79. The van der Waals surface area contributed by atoms with Gasteiger partial charge in [0.1, 0.15) is 5.15 Å². The Morgan fingerprint density at radius 3 is 2.60 bits per heavy atom. The van der Waals surface area contributed by atoms with E-state index < -0.39 is 0 Å². The Morgan fingerprint density at radius 1 is 1.05 bits per heavy atom. The van der Waals surface area contributed by atoms with Gasteiger partial charge in [-0.15, -0.1) is 0 Å². The van der Waals surface area contributed by atoms with Crippen LogP contribution in [0.2, 0.25) is 10.4 Å². The van der Waals surface area contributed by atoms with Crippen LogP contribution < -0.4 is 0 Å². The molecule has 4 heteroatoms. The summed E-state index contributed by atoms with van der Waals surface area (Å²) in [4.78, 5) is 8.41. The average molecular weight is 303 g/mol. The van der Waals surface area contributed by atoms with E-state index in [1.54, 1.807) is 0 Å². The third-order valence-electron chi connectivity index (χ3n) is 4.17. The number of nitrogens with zero attached hydrogens (tertiary/aromatic N) is 2. The molecule has 1 fully saturated rings. The molecule has 0 radical (unpaired) electrons. The van der Waals surface area contributed by atoms with Gasteiger partial charge in [-0.3, -0.25) is 0 Å². The summed E-state index contributed by atoms with van der Waals surface area (Å²) in [6.45, 7) is 2.28. The van der Waals surface area contributed by atoms with Crippen molar-refractivity contribution in [1.82, 2.24) is 9.97 Å². The molecule has 0 aliphatic heterocycles. The number of rotatable bonds is 1. The van der Waals surface area contributed by atoms with Crippen LogP contribution in [0.1, 0.15) is 24.8 Å². The molecule has 0 N–H and O–H groups in total. The highest BCUT2D eigenvalue weighted by molar-refractivity contribution is 6.38. The van der Waals surface area contributed by atoms with Crippen molar-refractivity contribution in [1.29, 1.82) is 0 Å². The van der Waals surface area contributed by atoms with Gasteiger partial charge in [-0.2, -0.15) is 0 Å². The maximum Gasteiger partial charge on any atom is 0.224 e. The molecule has 0 bridgehead atoms. The summed E-state index contributed by atoms with van der Waals surface area (Å²) in [6.07, 6.45) is 1.24. The van der Waals surface area contributed by atoms with E-state index in [4.69, 9.17) is 23.2 Å². The van der Waals surface area contributed by atoms with Crippen LogP contribution in [0, 0.1) is 5.92 Å². The Balaban J connectivity index is 2.17. The Bertz CT molecular complexity index is 845. The van der Waals surface area contributed by atoms with Gasteiger partial charge < -0.3 is 0 Å². The largest absolute Gasteiger partial charge is 0.224 e. The molecule has 20 heavy (non-hydrogen) atoms. The first kappa shape index (κ1) is 12.4. The zero-order valence-corrected chi connectivity index (χ0v) is 12.4. The second-order valence-electron chi connectivity index (χ2n) is 5.51. The fourth-order valence-electron chi connectivity index (χ4n) is 3.02. The summed E-state index contributed by atoms with van der Waals surface area (Å²) in [6, 6.07) is 10.4. The fourth-order valence-corrected chi connectivity index (χ4v) is 3.51. The predicted molar refractivity (Wildman–Crippen MR) is 83.6 cm³/mol. The molecule has 0 saturated heterocycles. The number of fused-ring (bicyclic) bond motifs is 3. The highest BCUT2D eigenvalue weighted by atomic mass is 35.5. The lowest BCUT2D eigenvalue weighted by molar-refractivity contribution is 0.920. The van der Waals surface area contributed by atoms with Crippen molar-refractivity contribution >= 4 is 44.9 Å². The Kier molecular flexibility index (Phi) is 2.66. The topological polar surface area (TPSA) is 25.8 Å². The van der Waals surface area contributed by atoms with Crippen molar-refractivity contribution < 1.29 is 0 Å². The molecule has 1 aliphatic rings. The zero-order chi connectivity index (χ0) is 13.9. The van der Waals surface area contributed by atoms with E-state index in [0.29, 0.717) is 11.1 Å². The Labute approximate surface area is 126 Å². The summed E-state index contributed by atoms with van der Waals surface area (Å²) in [7, 11) is 0. The lowest BCUT2D eigenvalue weighted by atomic mass is 9.97. The van der Waals surface area contributed by atoms with Gasteiger partial charge >= 0.3 is 0 Å². The number of hydrogen-bond acceptors (Lipinski definition) is 2. The average Bonchev–Trinajstić information content (AvgIpc) is 3.14. The van der Waals surface area contributed by atoms with E-state index in [-0.39, 0.29) is 5.28 Å². The van der Waals surface area contributed by atoms with Crippen LogP contribution in [0.3, 0.4) is 0 Å². The van der Waals surface area contributed by atoms with Gasteiger partial charge in [0.25, 0.3) is 0 Å². The summed E-state index contributed by atoms with van der Waals surface area (Å²) in [5.41, 5.74) is 2.16. The molecule has 1 aliphatic carbocycles. The number of halogens is 2. The molecule has 2 nitrogen and oxygen atoms in total. The maximum absolute atomic E-state index is 6.34. The predicted octanol–water partition coefficient (Wildman–Crippen LogP) is 5.21. The monoisotopic (exact) mass is 302 g/mol. The van der Waals surface area contributed by atoms with Crippen molar-refractivity contribution in [3.63, 3.8) is 0 Å². The van der Waals surface area contributed by atoms with Crippen molar-refractivity contribution in [3.8, 4) is 0 Å². The second-order valence-corrected chi connectivity index (χ2v) is 6.20. The third-order valence-corrected chi connectivity index (χ3v) is 4.62. The highest BCUT2D eigenvalue weighted by Gasteiger charge is 2.35. The summed E-state index contributed by atoms with van der Waals surface area (Å²) in [5.74, 6) is 1.36. The molecule has 0 spiro atoms. The Morgan fingerprint density at radius 2 is 1.85 bits per heavy atom. The molecule has 3 aromatic rings. The van der Waals surface area contributed by atoms with Crippen LogP contribution >= 0.6 is 23.2 Å². The SMILES string of the molecule is CC1C[C@@H]1c1cccc2ccc3nc(Cl)nc(Cl)c3c12. The first-order chi connectivity index (χ1) is 9.65. The molecule has 1 saturated carbocycles. The maximum atomic E-state index is 6.34. The number of benzene rings is 2. The standard InChI is InChI=1S/C16H12Cl2N2/c1-8-7-11(8)10-4-2-3-9-5-6-12-14(13(9)10)15(17)20-16(18)19-12/h2-6,8,11H,7H2,1H3/t8?,11-/m0/s1. The van der Waals surface area contributed by atoms with E-state index in [0.717, 1.165) is 16.8 Å². The summed E-state index contributed by atoms with van der Waals surface area (Å²) < 4.78 is 0. The van der Waals surface area contributed by atoms with Crippen LogP contribution in [0.5, 0.6) is 0 Å². The van der Waals surface area contributed by atoms with Gasteiger partial charge in [0.05, 0.1) is 5.52 Å².